The Labute approximate surface area is 146 Å². The summed E-state index contributed by atoms with van der Waals surface area (Å²) >= 11 is 0. The normalized spacial score (nSPS) is 16.2. The van der Waals surface area contributed by atoms with E-state index >= 15 is 0 Å². The monoisotopic (exact) mass is 332 g/mol. The van der Waals surface area contributed by atoms with Crippen molar-refractivity contribution in [1.82, 2.24) is 10.2 Å². The Bertz CT molecular complexity index is 479. The van der Waals surface area contributed by atoms with E-state index in [4.69, 9.17) is 4.74 Å². The molecule has 1 saturated heterocycles. The van der Waals surface area contributed by atoms with Crippen molar-refractivity contribution >= 4 is 5.91 Å². The molecule has 1 N–H and O–H groups in total. The molecule has 1 heterocycles. The van der Waals surface area contributed by atoms with Gasteiger partial charge in [-0.25, -0.2) is 0 Å². The number of carbonyl (C=O) groups is 1. The molecule has 0 unspecified atom stereocenters. The van der Waals surface area contributed by atoms with Crippen LogP contribution in [0.5, 0.6) is 0 Å². The number of aryl methyl sites for hydroxylation is 1. The Morgan fingerprint density at radius 3 is 2.62 bits per heavy atom. The van der Waals surface area contributed by atoms with Crippen LogP contribution in [0.1, 0.15) is 43.7 Å². The Hall–Kier alpha value is -1.39. The van der Waals surface area contributed by atoms with E-state index in [1.54, 1.807) is 0 Å². The number of rotatable bonds is 9. The van der Waals surface area contributed by atoms with Gasteiger partial charge in [-0.3, -0.25) is 9.69 Å². The summed E-state index contributed by atoms with van der Waals surface area (Å²) in [7, 11) is 0. The van der Waals surface area contributed by atoms with Crippen molar-refractivity contribution in [2.45, 2.75) is 46.1 Å². The van der Waals surface area contributed by atoms with Crippen LogP contribution in [-0.4, -0.2) is 43.7 Å². The second-order valence-corrected chi connectivity index (χ2v) is 6.81. The van der Waals surface area contributed by atoms with Gasteiger partial charge < -0.3 is 10.1 Å². The fourth-order valence-electron chi connectivity index (χ4n) is 3.13. The Balaban J connectivity index is 1.59. The van der Waals surface area contributed by atoms with Crippen molar-refractivity contribution in [3.8, 4) is 0 Å². The molecule has 0 saturated carbocycles. The quantitative estimate of drug-likeness (QED) is 0.706. The van der Waals surface area contributed by atoms with Crippen LogP contribution in [0.25, 0.3) is 0 Å². The van der Waals surface area contributed by atoms with Gasteiger partial charge in [-0.15, -0.1) is 0 Å². The lowest BCUT2D eigenvalue weighted by molar-refractivity contribution is -0.121. The maximum absolute atomic E-state index is 11.8. The van der Waals surface area contributed by atoms with Gasteiger partial charge in [-0.2, -0.15) is 0 Å². The number of nitrogens with zero attached hydrogens (tertiary/aromatic N) is 1. The van der Waals surface area contributed by atoms with Crippen LogP contribution in [-0.2, 0) is 16.1 Å². The van der Waals surface area contributed by atoms with Crippen LogP contribution in [0, 0.1) is 12.8 Å². The highest BCUT2D eigenvalue weighted by Crippen LogP contribution is 2.18. The van der Waals surface area contributed by atoms with Crippen LogP contribution < -0.4 is 5.32 Å². The topological polar surface area (TPSA) is 41.6 Å². The van der Waals surface area contributed by atoms with Gasteiger partial charge >= 0.3 is 0 Å². The molecule has 1 aliphatic heterocycles. The first-order chi connectivity index (χ1) is 11.7. The van der Waals surface area contributed by atoms with Gasteiger partial charge in [0.15, 0.2) is 0 Å². The molecule has 0 aliphatic carbocycles. The first-order valence-corrected chi connectivity index (χ1v) is 9.29. The summed E-state index contributed by atoms with van der Waals surface area (Å²) < 4.78 is 5.26. The number of hydrogen-bond acceptors (Lipinski definition) is 3. The summed E-state index contributed by atoms with van der Waals surface area (Å²) in [6.45, 7) is 9.62. The molecule has 4 heteroatoms. The molecule has 0 radical (unpaired) electrons. The minimum atomic E-state index is 0.164. The third kappa shape index (κ3) is 7.02. The van der Waals surface area contributed by atoms with Gasteiger partial charge in [0.25, 0.3) is 0 Å². The van der Waals surface area contributed by atoms with E-state index in [1.165, 1.54) is 24.0 Å². The van der Waals surface area contributed by atoms with Gasteiger partial charge in [0.1, 0.15) is 0 Å². The van der Waals surface area contributed by atoms with E-state index < -0.39 is 0 Å². The average molecular weight is 332 g/mol. The zero-order valence-electron chi connectivity index (χ0n) is 15.2. The summed E-state index contributed by atoms with van der Waals surface area (Å²) in [5.74, 6) is 0.784. The van der Waals surface area contributed by atoms with Crippen molar-refractivity contribution in [3.05, 3.63) is 35.4 Å². The number of nitrogens with one attached hydrogen (secondary N) is 1. The molecule has 0 bridgehead atoms. The number of piperidine rings is 1. The molecular formula is C20H32N2O2. The standard InChI is InChI=1S/C20H32N2O2/c1-3-24-14-4-5-20(23)21-15-18-10-12-22(13-11-18)16-19-8-6-17(2)7-9-19/h6-9,18H,3-5,10-16H2,1-2H3,(H,21,23). The van der Waals surface area contributed by atoms with E-state index in [2.05, 4.69) is 41.4 Å². The van der Waals surface area contributed by atoms with Gasteiger partial charge in [0.05, 0.1) is 0 Å². The maximum Gasteiger partial charge on any atom is 0.220 e. The number of amides is 1. The molecule has 0 spiro atoms. The van der Waals surface area contributed by atoms with E-state index in [1.807, 2.05) is 6.92 Å². The molecular weight excluding hydrogens is 300 g/mol. The van der Waals surface area contributed by atoms with Crippen molar-refractivity contribution in [2.75, 3.05) is 32.8 Å². The highest BCUT2D eigenvalue weighted by atomic mass is 16.5. The summed E-state index contributed by atoms with van der Waals surface area (Å²) in [4.78, 5) is 14.3. The highest BCUT2D eigenvalue weighted by Gasteiger charge is 2.19. The minimum Gasteiger partial charge on any atom is -0.382 e. The average Bonchev–Trinajstić information content (AvgIpc) is 2.60. The fraction of sp³-hybridized carbons (Fsp3) is 0.650. The Kier molecular flexibility index (Phi) is 8.26. The first kappa shape index (κ1) is 18.9. The Morgan fingerprint density at radius 2 is 1.96 bits per heavy atom. The molecule has 1 aromatic carbocycles. The van der Waals surface area contributed by atoms with Crippen LogP contribution in [0.4, 0.5) is 0 Å². The zero-order chi connectivity index (χ0) is 17.2. The number of benzene rings is 1. The minimum absolute atomic E-state index is 0.164. The van der Waals surface area contributed by atoms with Crippen molar-refractivity contribution in [1.29, 1.82) is 0 Å². The van der Waals surface area contributed by atoms with E-state index in [0.29, 0.717) is 18.9 Å². The summed E-state index contributed by atoms with van der Waals surface area (Å²) in [6, 6.07) is 8.82. The fourth-order valence-corrected chi connectivity index (χ4v) is 3.13. The number of carbonyl (C=O) groups excluding carboxylic acids is 1. The van der Waals surface area contributed by atoms with E-state index in [9.17, 15) is 4.79 Å². The molecule has 1 amide bonds. The molecule has 1 aromatic rings. The molecule has 1 fully saturated rings. The van der Waals surface area contributed by atoms with Gasteiger partial charge in [0.2, 0.25) is 5.91 Å². The zero-order valence-corrected chi connectivity index (χ0v) is 15.2. The summed E-state index contributed by atoms with van der Waals surface area (Å²) in [6.07, 6.45) is 3.73. The molecule has 134 valence electrons. The number of likely N-dealkylation sites (tertiary alicyclic amines) is 1. The predicted octanol–water partition coefficient (Wildman–Crippen LogP) is 3.14. The molecule has 0 aromatic heterocycles. The van der Waals surface area contributed by atoms with Gasteiger partial charge in [-0.1, -0.05) is 29.8 Å². The molecule has 1 aliphatic rings. The summed E-state index contributed by atoms with van der Waals surface area (Å²) in [5.41, 5.74) is 2.70. The second-order valence-electron chi connectivity index (χ2n) is 6.81. The van der Waals surface area contributed by atoms with Crippen molar-refractivity contribution in [2.24, 2.45) is 5.92 Å². The SMILES string of the molecule is CCOCCCC(=O)NCC1CCN(Cc2ccc(C)cc2)CC1. The third-order valence-electron chi connectivity index (χ3n) is 4.72. The molecule has 24 heavy (non-hydrogen) atoms. The summed E-state index contributed by atoms with van der Waals surface area (Å²) in [5, 5.41) is 3.09. The lowest BCUT2D eigenvalue weighted by Crippen LogP contribution is -2.38. The molecule has 2 rings (SSSR count). The molecule has 4 nitrogen and oxygen atoms in total. The maximum atomic E-state index is 11.8. The highest BCUT2D eigenvalue weighted by molar-refractivity contribution is 5.75. The largest absolute Gasteiger partial charge is 0.382 e. The lowest BCUT2D eigenvalue weighted by Gasteiger charge is -2.32. The van der Waals surface area contributed by atoms with Crippen LogP contribution in [0.2, 0.25) is 0 Å². The van der Waals surface area contributed by atoms with Crippen LogP contribution in [0.3, 0.4) is 0 Å². The number of hydrogen-bond donors (Lipinski definition) is 1. The number of ether oxygens (including phenoxy) is 1. The smallest absolute Gasteiger partial charge is 0.220 e. The van der Waals surface area contributed by atoms with Gasteiger partial charge in [-0.05, 0) is 57.7 Å². The third-order valence-corrected chi connectivity index (χ3v) is 4.72. The van der Waals surface area contributed by atoms with Crippen LogP contribution >= 0.6 is 0 Å². The predicted molar refractivity (Wildman–Crippen MR) is 97.9 cm³/mol. The Morgan fingerprint density at radius 1 is 1.25 bits per heavy atom. The first-order valence-electron chi connectivity index (χ1n) is 9.29. The van der Waals surface area contributed by atoms with E-state index in [0.717, 1.165) is 39.2 Å². The van der Waals surface area contributed by atoms with Gasteiger partial charge in [0, 0.05) is 32.7 Å². The van der Waals surface area contributed by atoms with E-state index in [-0.39, 0.29) is 5.91 Å². The lowest BCUT2D eigenvalue weighted by atomic mass is 9.96. The van der Waals surface area contributed by atoms with Crippen LogP contribution in [0.15, 0.2) is 24.3 Å². The second kappa shape index (κ2) is 10.5. The molecule has 0 atom stereocenters. The van der Waals surface area contributed by atoms with Crippen molar-refractivity contribution in [3.63, 3.8) is 0 Å². The van der Waals surface area contributed by atoms with Crippen molar-refractivity contribution < 1.29 is 9.53 Å².